The van der Waals surface area contributed by atoms with Gasteiger partial charge in [-0.2, -0.15) is 0 Å². The van der Waals surface area contributed by atoms with Gasteiger partial charge in [-0.25, -0.2) is 4.79 Å². The van der Waals surface area contributed by atoms with E-state index in [2.05, 4.69) is 21.9 Å². The molecular formula is C8H12N2O3. The number of amides is 2. The van der Waals surface area contributed by atoms with Crippen molar-refractivity contribution in [2.75, 3.05) is 6.61 Å². The van der Waals surface area contributed by atoms with Gasteiger partial charge < -0.3 is 10.1 Å². The van der Waals surface area contributed by atoms with Gasteiger partial charge in [0.25, 0.3) is 0 Å². The number of carbonyl (C=O) groups is 2. The average molecular weight is 184 g/mol. The van der Waals surface area contributed by atoms with Crippen molar-refractivity contribution in [2.45, 2.75) is 6.92 Å². The van der Waals surface area contributed by atoms with Crippen LogP contribution in [-0.2, 0) is 9.53 Å². The van der Waals surface area contributed by atoms with Gasteiger partial charge in [-0.3, -0.25) is 10.1 Å². The fourth-order valence-corrected chi connectivity index (χ4v) is 0.465. The first-order valence-electron chi connectivity index (χ1n) is 3.72. The maximum absolute atomic E-state index is 10.6. The minimum atomic E-state index is -0.563. The van der Waals surface area contributed by atoms with Gasteiger partial charge >= 0.3 is 6.09 Å². The third-order valence-electron chi connectivity index (χ3n) is 0.971. The van der Waals surface area contributed by atoms with Gasteiger partial charge in [0.1, 0.15) is 0 Å². The first-order chi connectivity index (χ1) is 6.20. The Labute approximate surface area is 76.5 Å². The maximum Gasteiger partial charge on any atom is 0.411 e. The first kappa shape index (κ1) is 11.2. The maximum atomic E-state index is 10.6. The molecule has 5 nitrogen and oxygen atoms in total. The van der Waals surface area contributed by atoms with E-state index in [9.17, 15) is 9.59 Å². The summed E-state index contributed by atoms with van der Waals surface area (Å²) in [7, 11) is 0. The molecule has 0 bridgehead atoms. The zero-order valence-electron chi connectivity index (χ0n) is 7.37. The summed E-state index contributed by atoms with van der Waals surface area (Å²) < 4.78 is 4.54. The van der Waals surface area contributed by atoms with Crippen molar-refractivity contribution in [1.29, 1.82) is 0 Å². The molecule has 0 rings (SSSR count). The predicted octanol–water partition coefficient (Wildman–Crippen LogP) is 0.506. The molecule has 5 heteroatoms. The van der Waals surface area contributed by atoms with Crippen LogP contribution in [0.4, 0.5) is 4.79 Å². The number of ether oxygens (including phenoxy) is 1. The number of hydrogen-bond acceptors (Lipinski definition) is 3. The molecule has 0 atom stereocenters. The second-order valence-electron chi connectivity index (χ2n) is 1.91. The average Bonchev–Trinajstić information content (AvgIpc) is 2.12. The lowest BCUT2D eigenvalue weighted by Crippen LogP contribution is -2.20. The minimum absolute atomic E-state index is 0.304. The molecule has 0 unspecified atom stereocenters. The van der Waals surface area contributed by atoms with Crippen LogP contribution in [0.15, 0.2) is 25.1 Å². The number of nitrogens with one attached hydrogen (secondary N) is 2. The van der Waals surface area contributed by atoms with E-state index in [0.717, 1.165) is 6.08 Å². The first-order valence-corrected chi connectivity index (χ1v) is 3.72. The van der Waals surface area contributed by atoms with Gasteiger partial charge in [0, 0.05) is 12.4 Å². The summed E-state index contributed by atoms with van der Waals surface area (Å²) >= 11 is 0. The summed E-state index contributed by atoms with van der Waals surface area (Å²) in [5.74, 6) is -0.345. The molecule has 0 fully saturated rings. The van der Waals surface area contributed by atoms with Crippen molar-refractivity contribution in [2.24, 2.45) is 0 Å². The van der Waals surface area contributed by atoms with E-state index < -0.39 is 6.09 Å². The second kappa shape index (κ2) is 6.90. The van der Waals surface area contributed by atoms with Crippen LogP contribution in [0.3, 0.4) is 0 Å². The molecule has 72 valence electrons. The molecule has 13 heavy (non-hydrogen) atoms. The molecule has 0 heterocycles. The fourth-order valence-electron chi connectivity index (χ4n) is 0.465. The SMILES string of the molecule is C=CC(=O)NC=CNC(=O)OCC. The molecule has 0 radical (unpaired) electrons. The van der Waals surface area contributed by atoms with Crippen LogP contribution in [0.5, 0.6) is 0 Å². The van der Waals surface area contributed by atoms with Crippen LogP contribution >= 0.6 is 0 Å². The van der Waals surface area contributed by atoms with E-state index in [0.29, 0.717) is 6.61 Å². The van der Waals surface area contributed by atoms with E-state index in [1.807, 2.05) is 0 Å². The third kappa shape index (κ3) is 6.61. The Balaban J connectivity index is 3.57. The predicted molar refractivity (Wildman–Crippen MR) is 47.6 cm³/mol. The molecule has 2 amide bonds. The van der Waals surface area contributed by atoms with Crippen LogP contribution < -0.4 is 10.6 Å². The highest BCUT2D eigenvalue weighted by atomic mass is 16.5. The normalized spacial score (nSPS) is 9.31. The molecule has 0 aromatic carbocycles. The summed E-state index contributed by atoms with van der Waals surface area (Å²) in [5, 5.41) is 4.59. The van der Waals surface area contributed by atoms with Crippen LogP contribution in [0.25, 0.3) is 0 Å². The van der Waals surface area contributed by atoms with Crippen molar-refractivity contribution < 1.29 is 14.3 Å². The molecule has 0 spiro atoms. The molecule has 0 aromatic heterocycles. The highest BCUT2D eigenvalue weighted by molar-refractivity contribution is 5.87. The lowest BCUT2D eigenvalue weighted by atomic mass is 10.6. The number of alkyl carbamates (subject to hydrolysis) is 1. The summed E-state index contributed by atoms with van der Waals surface area (Å²) in [6, 6.07) is 0. The lowest BCUT2D eigenvalue weighted by Gasteiger charge is -1.98. The Kier molecular flexibility index (Phi) is 5.96. The van der Waals surface area contributed by atoms with Crippen molar-refractivity contribution in [3.05, 3.63) is 25.1 Å². The van der Waals surface area contributed by atoms with Gasteiger partial charge in [0.05, 0.1) is 6.61 Å². The molecule has 0 aromatic rings. The Morgan fingerprint density at radius 2 is 2.00 bits per heavy atom. The van der Waals surface area contributed by atoms with Crippen LogP contribution in [-0.4, -0.2) is 18.6 Å². The van der Waals surface area contributed by atoms with Crippen molar-refractivity contribution in [3.63, 3.8) is 0 Å². The van der Waals surface area contributed by atoms with Crippen LogP contribution in [0.2, 0.25) is 0 Å². The number of hydrogen-bond donors (Lipinski definition) is 2. The van der Waals surface area contributed by atoms with Gasteiger partial charge in [0.2, 0.25) is 5.91 Å². The van der Waals surface area contributed by atoms with Crippen LogP contribution in [0.1, 0.15) is 6.92 Å². The van der Waals surface area contributed by atoms with Gasteiger partial charge in [-0.1, -0.05) is 6.58 Å². The third-order valence-corrected chi connectivity index (χ3v) is 0.971. The van der Waals surface area contributed by atoms with Gasteiger partial charge in [-0.15, -0.1) is 0 Å². The number of carbonyl (C=O) groups excluding carboxylic acids is 2. The van der Waals surface area contributed by atoms with Crippen LogP contribution in [0, 0.1) is 0 Å². The Morgan fingerprint density at radius 1 is 1.38 bits per heavy atom. The van der Waals surface area contributed by atoms with Crippen molar-refractivity contribution in [3.8, 4) is 0 Å². The fraction of sp³-hybridized carbons (Fsp3) is 0.250. The van der Waals surface area contributed by atoms with Gasteiger partial charge in [-0.05, 0) is 13.0 Å². The topological polar surface area (TPSA) is 67.4 Å². The van der Waals surface area contributed by atoms with Gasteiger partial charge in [0.15, 0.2) is 0 Å². The highest BCUT2D eigenvalue weighted by Gasteiger charge is 1.93. The molecule has 0 aliphatic carbocycles. The van der Waals surface area contributed by atoms with Crippen molar-refractivity contribution >= 4 is 12.0 Å². The van der Waals surface area contributed by atoms with E-state index in [-0.39, 0.29) is 5.91 Å². The van der Waals surface area contributed by atoms with E-state index in [1.165, 1.54) is 12.4 Å². The Morgan fingerprint density at radius 3 is 2.54 bits per heavy atom. The quantitative estimate of drug-likeness (QED) is 0.625. The lowest BCUT2D eigenvalue weighted by molar-refractivity contribution is -0.115. The summed E-state index contributed by atoms with van der Waals surface area (Å²) in [6.07, 6.45) is 3.10. The molecule has 2 N–H and O–H groups in total. The molecule has 0 aliphatic rings. The molecule has 0 aliphatic heterocycles. The standard InChI is InChI=1S/C8H12N2O3/c1-3-7(11)9-5-6-10-8(12)13-4-2/h3,5-6H,1,4H2,2H3,(H,9,11)(H,10,12). The van der Waals surface area contributed by atoms with Crippen molar-refractivity contribution in [1.82, 2.24) is 10.6 Å². The summed E-state index contributed by atoms with van der Waals surface area (Å²) in [5.41, 5.74) is 0. The molecule has 0 saturated carbocycles. The Bertz CT molecular complexity index is 223. The molecule has 0 saturated heterocycles. The smallest absolute Gasteiger partial charge is 0.411 e. The van der Waals surface area contributed by atoms with E-state index in [4.69, 9.17) is 0 Å². The zero-order chi connectivity index (χ0) is 10.1. The second-order valence-corrected chi connectivity index (χ2v) is 1.91. The van der Waals surface area contributed by atoms with E-state index in [1.54, 1.807) is 6.92 Å². The summed E-state index contributed by atoms with van der Waals surface area (Å²) in [4.78, 5) is 21.2. The monoisotopic (exact) mass is 184 g/mol. The number of rotatable bonds is 4. The molecular weight excluding hydrogens is 172 g/mol. The highest BCUT2D eigenvalue weighted by Crippen LogP contribution is 1.75. The zero-order valence-corrected chi connectivity index (χ0v) is 7.37. The van der Waals surface area contributed by atoms with E-state index >= 15 is 0 Å². The Hall–Kier alpha value is -1.78. The summed E-state index contributed by atoms with van der Waals surface area (Å²) in [6.45, 7) is 5.25. The largest absolute Gasteiger partial charge is 0.450 e. The minimum Gasteiger partial charge on any atom is -0.450 e.